The Morgan fingerprint density at radius 2 is 2.23 bits per heavy atom. The molecule has 3 aromatic rings. The smallest absolute Gasteiger partial charge is 0.116 e. The molecule has 0 saturated heterocycles. The van der Waals surface area contributed by atoms with Gasteiger partial charge in [-0.1, -0.05) is 0 Å². The highest BCUT2D eigenvalue weighted by Crippen LogP contribution is 2.22. The fourth-order valence-corrected chi connectivity index (χ4v) is 2.06. The van der Waals surface area contributed by atoms with Crippen molar-refractivity contribution in [3.05, 3.63) is 30.0 Å². The van der Waals surface area contributed by atoms with Crippen molar-refractivity contribution in [3.8, 4) is 0 Å². The molecule has 0 aliphatic carbocycles. The molecule has 0 fully saturated rings. The van der Waals surface area contributed by atoms with E-state index in [1.165, 1.54) is 11.5 Å². The molecule has 13 heavy (non-hydrogen) atoms. The lowest BCUT2D eigenvalue weighted by Crippen LogP contribution is -1.81. The van der Waals surface area contributed by atoms with Crippen LogP contribution in [0.5, 0.6) is 0 Å². The number of fused-ring (bicyclic) bond motifs is 3. The Bertz CT molecular complexity index is 573. The molecule has 4 heteroatoms. The van der Waals surface area contributed by atoms with Gasteiger partial charge in [0.05, 0.1) is 11.0 Å². The van der Waals surface area contributed by atoms with Crippen LogP contribution in [-0.2, 0) is 0 Å². The van der Waals surface area contributed by atoms with E-state index in [1.54, 1.807) is 6.33 Å². The summed E-state index contributed by atoms with van der Waals surface area (Å²) in [4.78, 5) is 8.16. The molecule has 0 bridgehead atoms. The monoisotopic (exact) mass is 187 g/mol. The first-order chi connectivity index (χ1) is 6.45. The minimum Gasteiger partial charge on any atom is -0.244 e. The molecule has 0 unspecified atom stereocenters. The van der Waals surface area contributed by atoms with Gasteiger partial charge in [0.15, 0.2) is 0 Å². The molecule has 0 saturated carbocycles. The molecule has 2 aromatic heterocycles. The number of benzene rings is 1. The maximum atomic E-state index is 4.31. The van der Waals surface area contributed by atoms with Crippen LogP contribution in [0.25, 0.3) is 21.8 Å². The van der Waals surface area contributed by atoms with Crippen LogP contribution in [-0.4, -0.2) is 14.3 Å². The van der Waals surface area contributed by atoms with Gasteiger partial charge >= 0.3 is 0 Å². The molecule has 0 aliphatic rings. The van der Waals surface area contributed by atoms with Crippen molar-refractivity contribution in [1.82, 2.24) is 14.3 Å². The lowest BCUT2D eigenvalue weighted by atomic mass is 10.2. The zero-order valence-electron chi connectivity index (χ0n) is 6.64. The van der Waals surface area contributed by atoms with E-state index in [1.807, 2.05) is 23.7 Å². The summed E-state index contributed by atoms with van der Waals surface area (Å²) in [5.74, 6) is 0. The number of aromatic nitrogens is 3. The number of nitrogens with zero attached hydrogens (tertiary/aromatic N) is 3. The van der Waals surface area contributed by atoms with Crippen LogP contribution in [0, 0.1) is 0 Å². The molecular formula is C9H5N3S. The highest BCUT2D eigenvalue weighted by Gasteiger charge is 2.02. The van der Waals surface area contributed by atoms with Crippen LogP contribution in [0.1, 0.15) is 0 Å². The SMILES string of the molecule is c1ncc2c(ccc3csnc32)n1. The van der Waals surface area contributed by atoms with E-state index in [-0.39, 0.29) is 0 Å². The van der Waals surface area contributed by atoms with Crippen LogP contribution >= 0.6 is 11.5 Å². The summed E-state index contributed by atoms with van der Waals surface area (Å²) >= 11 is 1.46. The van der Waals surface area contributed by atoms with Gasteiger partial charge in [0.25, 0.3) is 0 Å². The van der Waals surface area contributed by atoms with Crippen LogP contribution < -0.4 is 0 Å². The minimum atomic E-state index is 0.952. The Balaban J connectivity index is 2.65. The van der Waals surface area contributed by atoms with Gasteiger partial charge in [-0.25, -0.2) is 9.97 Å². The van der Waals surface area contributed by atoms with Crippen molar-refractivity contribution in [3.63, 3.8) is 0 Å². The van der Waals surface area contributed by atoms with E-state index in [4.69, 9.17) is 0 Å². The van der Waals surface area contributed by atoms with E-state index in [9.17, 15) is 0 Å². The second-order valence-electron chi connectivity index (χ2n) is 2.77. The summed E-state index contributed by atoms with van der Waals surface area (Å²) in [6.07, 6.45) is 3.37. The molecule has 62 valence electrons. The Labute approximate surface area is 78.2 Å². The maximum Gasteiger partial charge on any atom is 0.116 e. The first kappa shape index (κ1) is 6.91. The lowest BCUT2D eigenvalue weighted by molar-refractivity contribution is 1.22. The van der Waals surface area contributed by atoms with Crippen molar-refractivity contribution >= 4 is 33.3 Å². The van der Waals surface area contributed by atoms with E-state index in [0.29, 0.717) is 0 Å². The molecule has 3 nitrogen and oxygen atoms in total. The normalized spacial score (nSPS) is 11.1. The van der Waals surface area contributed by atoms with E-state index >= 15 is 0 Å². The van der Waals surface area contributed by atoms with Gasteiger partial charge in [0.1, 0.15) is 6.33 Å². The zero-order valence-corrected chi connectivity index (χ0v) is 7.45. The first-order valence-corrected chi connectivity index (χ1v) is 4.71. The molecule has 2 heterocycles. The highest BCUT2D eigenvalue weighted by atomic mass is 32.1. The second-order valence-corrected chi connectivity index (χ2v) is 3.40. The summed E-state index contributed by atoms with van der Waals surface area (Å²) < 4.78 is 4.31. The van der Waals surface area contributed by atoms with Crippen molar-refractivity contribution in [1.29, 1.82) is 0 Å². The average Bonchev–Trinajstić information content (AvgIpc) is 2.65. The Hall–Kier alpha value is -1.55. The minimum absolute atomic E-state index is 0.952. The fourth-order valence-electron chi connectivity index (χ4n) is 1.39. The van der Waals surface area contributed by atoms with E-state index < -0.39 is 0 Å². The van der Waals surface area contributed by atoms with Gasteiger partial charge in [-0.2, -0.15) is 4.37 Å². The van der Waals surface area contributed by atoms with Gasteiger partial charge in [0.2, 0.25) is 0 Å². The Morgan fingerprint density at radius 1 is 1.23 bits per heavy atom. The van der Waals surface area contributed by atoms with Gasteiger partial charge in [0, 0.05) is 22.3 Å². The zero-order chi connectivity index (χ0) is 8.67. The lowest BCUT2D eigenvalue weighted by Gasteiger charge is -1.94. The maximum absolute atomic E-state index is 4.31. The van der Waals surface area contributed by atoms with Crippen molar-refractivity contribution in [2.24, 2.45) is 0 Å². The molecule has 0 amide bonds. The summed E-state index contributed by atoms with van der Waals surface area (Å²) in [5.41, 5.74) is 1.96. The van der Waals surface area contributed by atoms with E-state index in [2.05, 4.69) is 14.3 Å². The molecule has 0 atom stereocenters. The van der Waals surface area contributed by atoms with Gasteiger partial charge in [-0.05, 0) is 23.7 Å². The van der Waals surface area contributed by atoms with Crippen LogP contribution in [0.15, 0.2) is 30.0 Å². The molecule has 0 N–H and O–H groups in total. The summed E-state index contributed by atoms with van der Waals surface area (Å²) in [6.45, 7) is 0. The largest absolute Gasteiger partial charge is 0.244 e. The molecule has 1 aromatic carbocycles. The van der Waals surface area contributed by atoms with Crippen LogP contribution in [0.3, 0.4) is 0 Å². The van der Waals surface area contributed by atoms with Crippen LogP contribution in [0.4, 0.5) is 0 Å². The van der Waals surface area contributed by atoms with Crippen molar-refractivity contribution in [2.45, 2.75) is 0 Å². The molecule has 3 rings (SSSR count). The Morgan fingerprint density at radius 3 is 3.23 bits per heavy atom. The number of hydrogen-bond donors (Lipinski definition) is 0. The van der Waals surface area contributed by atoms with Gasteiger partial charge in [-0.15, -0.1) is 0 Å². The topological polar surface area (TPSA) is 38.7 Å². The predicted molar refractivity (Wildman–Crippen MR) is 52.7 cm³/mol. The third-order valence-electron chi connectivity index (χ3n) is 2.02. The fraction of sp³-hybridized carbons (Fsp3) is 0. The standard InChI is InChI=1S/C9H5N3S/c1-2-8-7(3-10-5-11-8)9-6(1)4-13-12-9/h1-5H. The molecule has 0 spiro atoms. The molecule has 0 radical (unpaired) electrons. The molecule has 0 aliphatic heterocycles. The van der Waals surface area contributed by atoms with Gasteiger partial charge in [-0.3, -0.25) is 0 Å². The second kappa shape index (κ2) is 2.47. The number of hydrogen-bond acceptors (Lipinski definition) is 4. The predicted octanol–water partition coefficient (Wildman–Crippen LogP) is 2.24. The summed E-state index contributed by atoms with van der Waals surface area (Å²) in [6, 6.07) is 4.03. The molecular weight excluding hydrogens is 182 g/mol. The number of rotatable bonds is 0. The van der Waals surface area contributed by atoms with Crippen molar-refractivity contribution in [2.75, 3.05) is 0 Å². The van der Waals surface area contributed by atoms with Crippen LogP contribution in [0.2, 0.25) is 0 Å². The summed E-state index contributed by atoms with van der Waals surface area (Å²) in [7, 11) is 0. The van der Waals surface area contributed by atoms with Gasteiger partial charge < -0.3 is 0 Å². The highest BCUT2D eigenvalue weighted by molar-refractivity contribution is 7.04. The average molecular weight is 187 g/mol. The van der Waals surface area contributed by atoms with E-state index in [0.717, 1.165) is 21.8 Å². The summed E-state index contributed by atoms with van der Waals surface area (Å²) in [5, 5.41) is 4.22. The first-order valence-electron chi connectivity index (χ1n) is 3.88. The Kier molecular flexibility index (Phi) is 1.31. The quantitative estimate of drug-likeness (QED) is 0.541. The van der Waals surface area contributed by atoms with Crippen molar-refractivity contribution < 1.29 is 0 Å². The third kappa shape index (κ3) is 0.922. The third-order valence-corrected chi connectivity index (χ3v) is 2.66.